The number of hydrogen-bond donors (Lipinski definition) is 1. The van der Waals surface area contributed by atoms with E-state index in [1.165, 1.54) is 0 Å². The minimum absolute atomic E-state index is 0.129. The van der Waals surface area contributed by atoms with Crippen molar-refractivity contribution in [1.29, 1.82) is 0 Å². The van der Waals surface area contributed by atoms with E-state index < -0.39 is 11.2 Å². The number of aromatic hydroxyl groups is 1. The summed E-state index contributed by atoms with van der Waals surface area (Å²) >= 11 is 0. The smallest absolute Gasteiger partial charge is 0.235 e. The molecule has 0 spiro atoms. The van der Waals surface area contributed by atoms with E-state index in [1.54, 1.807) is 44.6 Å². The SMILES string of the molecule is COc1ccc(-c2oc3c(C)c(OC)c(C)cc3c(=O)c2O)cc1. The monoisotopic (exact) mass is 326 g/mol. The lowest BCUT2D eigenvalue weighted by atomic mass is 10.0. The number of hydrogen-bond acceptors (Lipinski definition) is 5. The summed E-state index contributed by atoms with van der Waals surface area (Å²) < 4.78 is 16.4. The maximum absolute atomic E-state index is 12.6. The van der Waals surface area contributed by atoms with Crippen LogP contribution in [-0.2, 0) is 0 Å². The molecule has 0 amide bonds. The van der Waals surface area contributed by atoms with Crippen LogP contribution in [0.25, 0.3) is 22.3 Å². The highest BCUT2D eigenvalue weighted by Crippen LogP contribution is 2.36. The van der Waals surface area contributed by atoms with E-state index in [9.17, 15) is 9.90 Å². The molecule has 3 rings (SSSR count). The number of rotatable bonds is 3. The van der Waals surface area contributed by atoms with E-state index in [-0.39, 0.29) is 5.76 Å². The van der Waals surface area contributed by atoms with Gasteiger partial charge in [-0.1, -0.05) is 0 Å². The van der Waals surface area contributed by atoms with Crippen LogP contribution in [0, 0.1) is 13.8 Å². The first-order chi connectivity index (χ1) is 11.5. The van der Waals surface area contributed by atoms with Gasteiger partial charge in [-0.2, -0.15) is 0 Å². The third-order valence-corrected chi connectivity index (χ3v) is 4.08. The van der Waals surface area contributed by atoms with Gasteiger partial charge in [-0.15, -0.1) is 0 Å². The van der Waals surface area contributed by atoms with Gasteiger partial charge in [-0.25, -0.2) is 0 Å². The molecule has 1 N–H and O–H groups in total. The Labute approximate surface area is 139 Å². The quantitative estimate of drug-likeness (QED) is 0.793. The first-order valence-corrected chi connectivity index (χ1v) is 7.46. The largest absolute Gasteiger partial charge is 0.502 e. The summed E-state index contributed by atoms with van der Waals surface area (Å²) in [6.07, 6.45) is 0. The Kier molecular flexibility index (Phi) is 3.93. The van der Waals surface area contributed by atoms with Crippen LogP contribution >= 0.6 is 0 Å². The minimum Gasteiger partial charge on any atom is -0.502 e. The van der Waals surface area contributed by atoms with Gasteiger partial charge in [-0.05, 0) is 49.7 Å². The maximum Gasteiger partial charge on any atom is 0.235 e. The second kappa shape index (κ2) is 5.92. The Morgan fingerprint density at radius 1 is 1.04 bits per heavy atom. The summed E-state index contributed by atoms with van der Waals surface area (Å²) in [7, 11) is 3.14. The molecule has 0 aliphatic carbocycles. The van der Waals surface area contributed by atoms with Gasteiger partial charge >= 0.3 is 0 Å². The molecule has 2 aromatic carbocycles. The molecule has 1 heterocycles. The summed E-state index contributed by atoms with van der Waals surface area (Å²) in [6, 6.07) is 8.60. The van der Waals surface area contributed by atoms with Crippen LogP contribution < -0.4 is 14.9 Å². The lowest BCUT2D eigenvalue weighted by molar-refractivity contribution is 0.407. The molecular formula is C19H18O5. The molecular weight excluding hydrogens is 308 g/mol. The highest BCUT2D eigenvalue weighted by molar-refractivity contribution is 5.87. The number of benzene rings is 2. The Morgan fingerprint density at radius 2 is 1.71 bits per heavy atom. The average molecular weight is 326 g/mol. The summed E-state index contributed by atoms with van der Waals surface area (Å²) in [6.45, 7) is 3.67. The molecule has 5 nitrogen and oxygen atoms in total. The number of ether oxygens (including phenoxy) is 2. The van der Waals surface area contributed by atoms with Crippen molar-refractivity contribution in [3.8, 4) is 28.6 Å². The van der Waals surface area contributed by atoms with Gasteiger partial charge in [0.15, 0.2) is 5.76 Å². The maximum atomic E-state index is 12.6. The van der Waals surface area contributed by atoms with E-state index in [4.69, 9.17) is 13.9 Å². The third kappa shape index (κ3) is 2.38. The topological polar surface area (TPSA) is 68.9 Å². The minimum atomic E-state index is -0.462. The van der Waals surface area contributed by atoms with Crippen LogP contribution in [0.15, 0.2) is 39.5 Å². The van der Waals surface area contributed by atoms with Gasteiger partial charge < -0.3 is 19.0 Å². The molecule has 24 heavy (non-hydrogen) atoms. The molecule has 1 aromatic heterocycles. The van der Waals surface area contributed by atoms with Crippen LogP contribution in [-0.4, -0.2) is 19.3 Å². The van der Waals surface area contributed by atoms with E-state index in [1.807, 2.05) is 13.8 Å². The van der Waals surface area contributed by atoms with Gasteiger partial charge in [0.25, 0.3) is 0 Å². The zero-order chi connectivity index (χ0) is 17.4. The van der Waals surface area contributed by atoms with Gasteiger partial charge in [0.2, 0.25) is 11.2 Å². The van der Waals surface area contributed by atoms with Crippen molar-refractivity contribution in [3.63, 3.8) is 0 Å². The fourth-order valence-electron chi connectivity index (χ4n) is 2.88. The highest BCUT2D eigenvalue weighted by Gasteiger charge is 2.19. The van der Waals surface area contributed by atoms with Gasteiger partial charge in [0.05, 0.1) is 19.6 Å². The highest BCUT2D eigenvalue weighted by atomic mass is 16.5. The molecule has 0 saturated carbocycles. The fraction of sp³-hybridized carbons (Fsp3) is 0.211. The molecule has 0 aliphatic heterocycles. The van der Waals surface area contributed by atoms with Crippen molar-refractivity contribution in [2.45, 2.75) is 13.8 Å². The zero-order valence-corrected chi connectivity index (χ0v) is 14.0. The third-order valence-electron chi connectivity index (χ3n) is 4.08. The standard InChI is InChI=1S/C19H18O5/c1-10-9-14-15(20)16(21)19(12-5-7-13(22-3)8-6-12)24-18(14)11(2)17(10)23-4/h5-9,21H,1-4H3. The molecule has 0 radical (unpaired) electrons. The number of methoxy groups -OCH3 is 2. The Bertz CT molecular complexity index is 968. The van der Waals surface area contributed by atoms with Crippen LogP contribution in [0.1, 0.15) is 11.1 Å². The van der Waals surface area contributed by atoms with E-state index >= 15 is 0 Å². The summed E-state index contributed by atoms with van der Waals surface area (Å²) in [5, 5.41) is 10.6. The van der Waals surface area contributed by atoms with Gasteiger partial charge in [0, 0.05) is 11.1 Å². The lowest BCUT2D eigenvalue weighted by Crippen LogP contribution is -2.05. The van der Waals surface area contributed by atoms with Crippen molar-refractivity contribution >= 4 is 11.0 Å². The molecule has 124 valence electrons. The molecule has 0 unspecified atom stereocenters. The van der Waals surface area contributed by atoms with E-state index in [2.05, 4.69) is 0 Å². The van der Waals surface area contributed by atoms with E-state index in [0.29, 0.717) is 28.0 Å². The van der Waals surface area contributed by atoms with Crippen molar-refractivity contribution in [2.24, 2.45) is 0 Å². The number of fused-ring (bicyclic) bond motifs is 1. The van der Waals surface area contributed by atoms with Gasteiger partial charge in [-0.3, -0.25) is 4.79 Å². The molecule has 0 atom stereocenters. The average Bonchev–Trinajstić information content (AvgIpc) is 2.59. The van der Waals surface area contributed by atoms with Crippen LogP contribution in [0.3, 0.4) is 0 Å². The predicted octanol–water partition coefficient (Wildman–Crippen LogP) is 3.80. The zero-order valence-electron chi connectivity index (χ0n) is 14.0. The molecule has 0 bridgehead atoms. The van der Waals surface area contributed by atoms with Crippen molar-refractivity contribution in [1.82, 2.24) is 0 Å². The lowest BCUT2D eigenvalue weighted by Gasteiger charge is -2.13. The fourth-order valence-corrected chi connectivity index (χ4v) is 2.88. The van der Waals surface area contributed by atoms with Crippen LogP contribution in [0.2, 0.25) is 0 Å². The first-order valence-electron chi connectivity index (χ1n) is 7.46. The first kappa shape index (κ1) is 15.9. The van der Waals surface area contributed by atoms with Crippen LogP contribution in [0.4, 0.5) is 0 Å². The summed E-state index contributed by atoms with van der Waals surface area (Å²) in [5.41, 5.74) is 2.07. The van der Waals surface area contributed by atoms with Crippen molar-refractivity contribution in [2.75, 3.05) is 14.2 Å². The van der Waals surface area contributed by atoms with Crippen molar-refractivity contribution in [3.05, 3.63) is 51.7 Å². The number of aryl methyl sites for hydroxylation is 2. The normalized spacial score (nSPS) is 10.8. The molecule has 0 aliphatic rings. The molecule has 0 fully saturated rings. The molecule has 0 saturated heterocycles. The summed E-state index contributed by atoms with van der Waals surface area (Å²) in [4.78, 5) is 12.6. The Morgan fingerprint density at radius 3 is 2.29 bits per heavy atom. The van der Waals surface area contributed by atoms with Crippen molar-refractivity contribution < 1.29 is 19.0 Å². The van der Waals surface area contributed by atoms with Crippen LogP contribution in [0.5, 0.6) is 17.2 Å². The van der Waals surface area contributed by atoms with E-state index in [0.717, 1.165) is 11.1 Å². The second-order valence-corrected chi connectivity index (χ2v) is 5.57. The Balaban J connectivity index is 2.33. The van der Waals surface area contributed by atoms with Gasteiger partial charge in [0.1, 0.15) is 17.1 Å². The molecule has 5 heteroatoms. The Hall–Kier alpha value is -2.95. The molecule has 3 aromatic rings. The predicted molar refractivity (Wildman–Crippen MR) is 92.2 cm³/mol. The second-order valence-electron chi connectivity index (χ2n) is 5.57. The summed E-state index contributed by atoms with van der Waals surface area (Å²) in [5.74, 6) is 1.06.